The van der Waals surface area contributed by atoms with Crippen molar-refractivity contribution in [1.29, 1.82) is 0 Å². The molecule has 0 saturated heterocycles. The van der Waals surface area contributed by atoms with Crippen LogP contribution in [0.4, 0.5) is 24.7 Å². The lowest BCUT2D eigenvalue weighted by atomic mass is 10.1. The Morgan fingerprint density at radius 2 is 1.65 bits per heavy atom. The molecule has 0 fully saturated rings. The quantitative estimate of drug-likeness (QED) is 0.842. The number of hydrogen-bond donors (Lipinski definition) is 2. The van der Waals surface area contributed by atoms with Gasteiger partial charge in [0.2, 0.25) is 0 Å². The summed E-state index contributed by atoms with van der Waals surface area (Å²) in [7, 11) is 1.42. The van der Waals surface area contributed by atoms with Gasteiger partial charge in [-0.25, -0.2) is 4.98 Å². The zero-order valence-corrected chi connectivity index (χ0v) is 14.9. The number of carbonyl (C=O) groups is 1. The summed E-state index contributed by atoms with van der Waals surface area (Å²) in [5.41, 5.74) is -0.700. The van der Waals surface area contributed by atoms with Crippen LogP contribution in [0.3, 0.4) is 0 Å². The van der Waals surface area contributed by atoms with Gasteiger partial charge in [-0.2, -0.15) is 13.2 Å². The number of anilines is 2. The lowest BCUT2D eigenvalue weighted by Gasteiger charge is -2.21. The van der Waals surface area contributed by atoms with Crippen LogP contribution in [0.25, 0.3) is 0 Å². The zero-order valence-electron chi connectivity index (χ0n) is 14.9. The predicted octanol–water partition coefficient (Wildman–Crippen LogP) is 4.38. The van der Waals surface area contributed by atoms with Crippen LogP contribution in [0.1, 0.15) is 36.8 Å². The molecule has 0 bridgehead atoms. The topological polar surface area (TPSA) is 63.2 Å². The fourth-order valence-corrected chi connectivity index (χ4v) is 2.13. The van der Waals surface area contributed by atoms with Crippen LogP contribution in [0.5, 0.6) is 5.75 Å². The molecule has 26 heavy (non-hydrogen) atoms. The minimum absolute atomic E-state index is 0.0827. The Balaban J connectivity index is 2.25. The Bertz CT molecular complexity index is 782. The predicted molar refractivity (Wildman–Crippen MR) is 92.7 cm³/mol. The van der Waals surface area contributed by atoms with E-state index in [0.29, 0.717) is 17.3 Å². The van der Waals surface area contributed by atoms with Gasteiger partial charge >= 0.3 is 6.18 Å². The summed E-state index contributed by atoms with van der Waals surface area (Å²) >= 11 is 0. The largest absolute Gasteiger partial charge is 0.494 e. The first-order chi connectivity index (χ1) is 12.0. The zero-order chi connectivity index (χ0) is 19.5. The molecule has 0 spiro atoms. The van der Waals surface area contributed by atoms with E-state index in [-0.39, 0.29) is 5.69 Å². The minimum Gasteiger partial charge on any atom is -0.494 e. The van der Waals surface area contributed by atoms with E-state index in [0.717, 1.165) is 12.1 Å². The lowest BCUT2D eigenvalue weighted by molar-refractivity contribution is -0.137. The molecule has 8 heteroatoms. The van der Waals surface area contributed by atoms with Crippen LogP contribution in [0.2, 0.25) is 0 Å². The molecule has 2 rings (SSSR count). The number of benzene rings is 1. The molecular formula is C18H20F3N3O2. The average Bonchev–Trinajstić information content (AvgIpc) is 2.53. The first-order valence-electron chi connectivity index (χ1n) is 7.81. The van der Waals surface area contributed by atoms with Crippen molar-refractivity contribution < 1.29 is 22.7 Å². The molecule has 1 aromatic heterocycles. The van der Waals surface area contributed by atoms with E-state index in [2.05, 4.69) is 15.6 Å². The molecule has 2 N–H and O–H groups in total. The number of carbonyl (C=O) groups excluding carboxylic acids is 1. The molecule has 0 aliphatic carbocycles. The number of aromatic nitrogens is 1. The third kappa shape index (κ3) is 5.11. The fraction of sp³-hybridized carbons (Fsp3) is 0.333. The Kier molecular flexibility index (Phi) is 5.44. The maximum absolute atomic E-state index is 12.6. The highest BCUT2D eigenvalue weighted by Crippen LogP contribution is 2.30. The molecule has 1 aromatic carbocycles. The van der Waals surface area contributed by atoms with Crippen LogP contribution in [0, 0.1) is 0 Å². The second-order valence-electron chi connectivity index (χ2n) is 6.65. The Morgan fingerprint density at radius 1 is 1.04 bits per heavy atom. The SMILES string of the molecule is COc1ccc(Nc2ccc(C(F)(F)F)cc2)nc1C(=O)NC(C)(C)C. The normalized spacial score (nSPS) is 11.8. The van der Waals surface area contributed by atoms with Crippen LogP contribution >= 0.6 is 0 Å². The van der Waals surface area contributed by atoms with Gasteiger partial charge < -0.3 is 15.4 Å². The van der Waals surface area contributed by atoms with Gasteiger partial charge in [0.25, 0.3) is 5.91 Å². The molecule has 0 aliphatic heterocycles. The monoisotopic (exact) mass is 367 g/mol. The molecule has 0 aliphatic rings. The smallest absolute Gasteiger partial charge is 0.416 e. The average molecular weight is 367 g/mol. The van der Waals surface area contributed by atoms with E-state index >= 15 is 0 Å². The third-order valence-corrected chi connectivity index (χ3v) is 3.27. The highest BCUT2D eigenvalue weighted by Gasteiger charge is 2.30. The van der Waals surface area contributed by atoms with Gasteiger partial charge in [0.15, 0.2) is 5.69 Å². The number of amides is 1. The van der Waals surface area contributed by atoms with Crippen molar-refractivity contribution in [2.45, 2.75) is 32.5 Å². The van der Waals surface area contributed by atoms with Gasteiger partial charge in [-0.15, -0.1) is 0 Å². The van der Waals surface area contributed by atoms with Crippen LogP contribution in [-0.2, 0) is 6.18 Å². The maximum atomic E-state index is 12.6. The van der Waals surface area contributed by atoms with E-state index in [4.69, 9.17) is 4.74 Å². The number of hydrogen-bond acceptors (Lipinski definition) is 4. The summed E-state index contributed by atoms with van der Waals surface area (Å²) in [4.78, 5) is 16.6. The van der Waals surface area contributed by atoms with E-state index in [1.807, 2.05) is 20.8 Å². The summed E-state index contributed by atoms with van der Waals surface area (Å²) in [5, 5.41) is 5.67. The van der Waals surface area contributed by atoms with Crippen molar-refractivity contribution in [3.63, 3.8) is 0 Å². The second-order valence-corrected chi connectivity index (χ2v) is 6.65. The van der Waals surface area contributed by atoms with E-state index < -0.39 is 23.2 Å². The summed E-state index contributed by atoms with van der Waals surface area (Å²) in [5.74, 6) is 0.194. The van der Waals surface area contributed by atoms with Gasteiger partial charge in [0.1, 0.15) is 11.6 Å². The van der Waals surface area contributed by atoms with Crippen LogP contribution < -0.4 is 15.4 Å². The van der Waals surface area contributed by atoms with Crippen molar-refractivity contribution >= 4 is 17.4 Å². The molecule has 5 nitrogen and oxygen atoms in total. The van der Waals surface area contributed by atoms with Gasteiger partial charge in [-0.3, -0.25) is 4.79 Å². The van der Waals surface area contributed by atoms with Gasteiger partial charge in [0, 0.05) is 11.2 Å². The second kappa shape index (κ2) is 7.23. The molecule has 2 aromatic rings. The van der Waals surface area contributed by atoms with Crippen molar-refractivity contribution in [2.75, 3.05) is 12.4 Å². The standard InChI is InChI=1S/C18H20F3N3O2/c1-17(2,3)24-16(25)15-13(26-4)9-10-14(23-15)22-12-7-5-11(6-8-12)18(19,20)21/h5-10H,1-4H3,(H,22,23)(H,24,25). The van der Waals surface area contributed by atoms with Crippen LogP contribution in [0.15, 0.2) is 36.4 Å². The first-order valence-corrected chi connectivity index (χ1v) is 7.81. The minimum atomic E-state index is -4.39. The van der Waals surface area contributed by atoms with E-state index in [9.17, 15) is 18.0 Å². The number of pyridine rings is 1. The molecule has 0 radical (unpaired) electrons. The van der Waals surface area contributed by atoms with Gasteiger partial charge in [0.05, 0.1) is 12.7 Å². The molecule has 1 heterocycles. The number of halogens is 3. The van der Waals surface area contributed by atoms with Crippen molar-refractivity contribution in [3.8, 4) is 5.75 Å². The first kappa shape index (κ1) is 19.6. The summed E-state index contributed by atoms with van der Waals surface area (Å²) in [6.45, 7) is 5.51. The van der Waals surface area contributed by atoms with E-state index in [1.165, 1.54) is 19.2 Å². The Morgan fingerprint density at radius 3 is 2.15 bits per heavy atom. The maximum Gasteiger partial charge on any atom is 0.416 e. The Labute approximate surface area is 149 Å². The highest BCUT2D eigenvalue weighted by molar-refractivity contribution is 5.95. The van der Waals surface area contributed by atoms with Gasteiger partial charge in [-0.05, 0) is 57.2 Å². The van der Waals surface area contributed by atoms with Crippen molar-refractivity contribution in [2.24, 2.45) is 0 Å². The number of ether oxygens (including phenoxy) is 1. The van der Waals surface area contributed by atoms with Gasteiger partial charge in [-0.1, -0.05) is 0 Å². The number of alkyl halides is 3. The summed E-state index contributed by atoms with van der Waals surface area (Å²) in [6, 6.07) is 7.67. The van der Waals surface area contributed by atoms with Crippen LogP contribution in [-0.4, -0.2) is 23.5 Å². The third-order valence-electron chi connectivity index (χ3n) is 3.27. The molecule has 0 unspecified atom stereocenters. The summed E-state index contributed by atoms with van der Waals surface area (Å²) < 4.78 is 43.0. The number of nitrogens with one attached hydrogen (secondary N) is 2. The molecule has 140 valence electrons. The molecule has 0 atom stereocenters. The van der Waals surface area contributed by atoms with Crippen molar-refractivity contribution in [1.82, 2.24) is 10.3 Å². The molecule has 1 amide bonds. The number of methoxy groups -OCH3 is 1. The highest BCUT2D eigenvalue weighted by atomic mass is 19.4. The number of rotatable bonds is 4. The Hall–Kier alpha value is -2.77. The summed E-state index contributed by atoms with van der Waals surface area (Å²) in [6.07, 6.45) is -4.39. The van der Waals surface area contributed by atoms with Crippen molar-refractivity contribution in [3.05, 3.63) is 47.7 Å². The molecule has 0 saturated carbocycles. The van der Waals surface area contributed by atoms with E-state index in [1.54, 1.807) is 12.1 Å². The molecular weight excluding hydrogens is 347 g/mol. The lowest BCUT2D eigenvalue weighted by Crippen LogP contribution is -2.41. The fourth-order valence-electron chi connectivity index (χ4n) is 2.13. The number of nitrogens with zero attached hydrogens (tertiary/aromatic N) is 1.